The van der Waals surface area contributed by atoms with Crippen molar-refractivity contribution in [1.82, 2.24) is 15.1 Å². The minimum absolute atomic E-state index is 0.324. The second-order valence-corrected chi connectivity index (χ2v) is 6.61. The van der Waals surface area contributed by atoms with Gasteiger partial charge in [-0.25, -0.2) is 0 Å². The number of carbonyl (C=O) groups excluding carboxylic acids is 1. The Morgan fingerprint density at radius 1 is 1.20 bits per heavy atom. The molecule has 6 heteroatoms. The normalized spacial score (nSPS) is 17.2. The highest BCUT2D eigenvalue weighted by Crippen LogP contribution is 2.29. The Morgan fingerprint density at radius 3 is 2.52 bits per heavy atom. The van der Waals surface area contributed by atoms with E-state index in [1.165, 1.54) is 12.8 Å². The average Bonchev–Trinajstić information content (AvgIpc) is 3.30. The summed E-state index contributed by atoms with van der Waals surface area (Å²) in [4.78, 5) is 24.0. The third-order valence-corrected chi connectivity index (χ3v) is 4.87. The lowest BCUT2D eigenvalue weighted by atomic mass is 9.94. The minimum atomic E-state index is -0.953. The van der Waals surface area contributed by atoms with Gasteiger partial charge in [-0.3, -0.25) is 14.3 Å². The molecule has 0 unspecified atom stereocenters. The van der Waals surface area contributed by atoms with Gasteiger partial charge in [0.05, 0.1) is 18.0 Å². The van der Waals surface area contributed by atoms with Crippen LogP contribution < -0.4 is 5.32 Å². The first-order valence-electron chi connectivity index (χ1n) is 8.70. The van der Waals surface area contributed by atoms with E-state index in [-0.39, 0.29) is 5.91 Å². The predicted molar refractivity (Wildman–Crippen MR) is 93.2 cm³/mol. The van der Waals surface area contributed by atoms with E-state index >= 15 is 0 Å². The Morgan fingerprint density at radius 2 is 1.88 bits per heavy atom. The van der Waals surface area contributed by atoms with Crippen LogP contribution in [0.15, 0.2) is 42.6 Å². The highest BCUT2D eigenvalue weighted by molar-refractivity contribution is 5.92. The molecule has 0 bridgehead atoms. The quantitative estimate of drug-likeness (QED) is 0.845. The average molecular weight is 341 g/mol. The van der Waals surface area contributed by atoms with Crippen LogP contribution in [-0.4, -0.2) is 26.8 Å². The molecule has 0 spiro atoms. The van der Waals surface area contributed by atoms with Gasteiger partial charge >= 0.3 is 5.97 Å². The van der Waals surface area contributed by atoms with Gasteiger partial charge in [0.25, 0.3) is 5.91 Å². The molecule has 2 atom stereocenters. The fourth-order valence-electron chi connectivity index (χ4n) is 3.35. The fraction of sp³-hybridized carbons (Fsp3) is 0.421. The first kappa shape index (κ1) is 17.2. The molecule has 1 aliphatic carbocycles. The van der Waals surface area contributed by atoms with Gasteiger partial charge in [0.2, 0.25) is 0 Å². The molecular weight excluding hydrogens is 318 g/mol. The molecule has 1 fully saturated rings. The lowest BCUT2D eigenvalue weighted by molar-refractivity contribution is -0.142. The maximum Gasteiger partial charge on any atom is 0.308 e. The van der Waals surface area contributed by atoms with E-state index < -0.39 is 17.9 Å². The zero-order chi connectivity index (χ0) is 17.8. The number of aliphatic carboxylic acids is 1. The zero-order valence-corrected chi connectivity index (χ0v) is 14.3. The second kappa shape index (κ2) is 7.51. The van der Waals surface area contributed by atoms with Gasteiger partial charge in [-0.2, -0.15) is 5.10 Å². The largest absolute Gasteiger partial charge is 0.481 e. The number of amides is 1. The Balaban J connectivity index is 1.77. The van der Waals surface area contributed by atoms with E-state index in [9.17, 15) is 14.7 Å². The SMILES string of the molecule is C[C@@H](C(=O)O)[C@H](NC(=O)c1ccn(C2CCCC2)n1)c1ccccc1. The topological polar surface area (TPSA) is 84.2 Å². The van der Waals surface area contributed by atoms with Crippen LogP contribution in [0.1, 0.15) is 60.7 Å². The standard InChI is InChI=1S/C19H23N3O3/c1-13(19(24)25)17(14-7-3-2-4-8-14)20-18(23)16-11-12-22(21-16)15-9-5-6-10-15/h2-4,7-8,11-13,15,17H,5-6,9-10H2,1H3,(H,20,23)(H,24,25)/t13-,17+/m1/s1. The van der Waals surface area contributed by atoms with Gasteiger partial charge in [0, 0.05) is 6.20 Å². The highest BCUT2D eigenvalue weighted by Gasteiger charge is 2.28. The number of hydrogen-bond acceptors (Lipinski definition) is 3. The summed E-state index contributed by atoms with van der Waals surface area (Å²) in [5, 5.41) is 16.6. The van der Waals surface area contributed by atoms with Crippen LogP contribution in [0.3, 0.4) is 0 Å². The first-order chi connectivity index (χ1) is 12.1. The van der Waals surface area contributed by atoms with E-state index in [1.54, 1.807) is 13.0 Å². The summed E-state index contributed by atoms with van der Waals surface area (Å²) in [6, 6.07) is 10.6. The van der Waals surface area contributed by atoms with Crippen LogP contribution in [0.5, 0.6) is 0 Å². The minimum Gasteiger partial charge on any atom is -0.481 e. The van der Waals surface area contributed by atoms with Gasteiger partial charge in [0.1, 0.15) is 5.69 Å². The van der Waals surface area contributed by atoms with Crippen LogP contribution in [-0.2, 0) is 4.79 Å². The fourth-order valence-corrected chi connectivity index (χ4v) is 3.35. The Bertz CT molecular complexity index is 735. The van der Waals surface area contributed by atoms with Crippen molar-refractivity contribution < 1.29 is 14.7 Å². The number of carboxylic acids is 1. The Labute approximate surface area is 146 Å². The summed E-state index contributed by atoms with van der Waals surface area (Å²) < 4.78 is 1.86. The number of benzene rings is 1. The molecule has 1 heterocycles. The van der Waals surface area contributed by atoms with Crippen LogP contribution in [0.4, 0.5) is 0 Å². The first-order valence-corrected chi connectivity index (χ1v) is 8.70. The number of carboxylic acid groups (broad SMARTS) is 1. The van der Waals surface area contributed by atoms with Gasteiger partial charge in [-0.1, -0.05) is 43.2 Å². The Hall–Kier alpha value is -2.63. The van der Waals surface area contributed by atoms with Crippen molar-refractivity contribution in [2.75, 3.05) is 0 Å². The maximum atomic E-state index is 12.6. The summed E-state index contributed by atoms with van der Waals surface area (Å²) in [6.07, 6.45) is 6.40. The molecule has 1 aromatic carbocycles. The molecule has 25 heavy (non-hydrogen) atoms. The third-order valence-electron chi connectivity index (χ3n) is 4.87. The van der Waals surface area contributed by atoms with Crippen LogP contribution in [0, 0.1) is 5.92 Å². The molecule has 1 amide bonds. The van der Waals surface area contributed by atoms with E-state index in [0.717, 1.165) is 18.4 Å². The van der Waals surface area contributed by atoms with Crippen molar-refractivity contribution >= 4 is 11.9 Å². The molecule has 2 N–H and O–H groups in total. The molecule has 132 valence electrons. The van der Waals surface area contributed by atoms with Crippen molar-refractivity contribution in [3.05, 3.63) is 53.9 Å². The molecule has 1 aliphatic rings. The molecule has 0 saturated heterocycles. The van der Waals surface area contributed by atoms with E-state index in [1.807, 2.05) is 41.2 Å². The van der Waals surface area contributed by atoms with Crippen molar-refractivity contribution in [1.29, 1.82) is 0 Å². The lowest BCUT2D eigenvalue weighted by Crippen LogP contribution is -2.35. The smallest absolute Gasteiger partial charge is 0.308 e. The molecule has 0 aliphatic heterocycles. The van der Waals surface area contributed by atoms with Gasteiger partial charge in [-0.15, -0.1) is 0 Å². The third kappa shape index (κ3) is 3.90. The number of nitrogens with zero attached hydrogens (tertiary/aromatic N) is 2. The van der Waals surface area contributed by atoms with Gasteiger partial charge < -0.3 is 10.4 Å². The zero-order valence-electron chi connectivity index (χ0n) is 14.3. The summed E-state index contributed by atoms with van der Waals surface area (Å²) in [5.74, 6) is -2.05. The molecular formula is C19H23N3O3. The van der Waals surface area contributed by atoms with Gasteiger partial charge in [-0.05, 0) is 31.4 Å². The second-order valence-electron chi connectivity index (χ2n) is 6.61. The van der Waals surface area contributed by atoms with Crippen molar-refractivity contribution in [2.45, 2.75) is 44.7 Å². The molecule has 6 nitrogen and oxygen atoms in total. The molecule has 1 aromatic heterocycles. The predicted octanol–water partition coefficient (Wildman–Crippen LogP) is 3.19. The summed E-state index contributed by atoms with van der Waals surface area (Å²) >= 11 is 0. The van der Waals surface area contributed by atoms with E-state index in [2.05, 4.69) is 10.4 Å². The highest BCUT2D eigenvalue weighted by atomic mass is 16.4. The lowest BCUT2D eigenvalue weighted by Gasteiger charge is -2.22. The van der Waals surface area contributed by atoms with E-state index in [4.69, 9.17) is 0 Å². The van der Waals surface area contributed by atoms with Crippen molar-refractivity contribution in [2.24, 2.45) is 5.92 Å². The molecule has 3 rings (SSSR count). The number of rotatable bonds is 6. The molecule has 2 aromatic rings. The van der Waals surface area contributed by atoms with Crippen LogP contribution in [0.25, 0.3) is 0 Å². The maximum absolute atomic E-state index is 12.6. The van der Waals surface area contributed by atoms with E-state index in [0.29, 0.717) is 11.7 Å². The molecule has 0 radical (unpaired) electrons. The number of carbonyl (C=O) groups is 2. The van der Waals surface area contributed by atoms with Crippen LogP contribution >= 0.6 is 0 Å². The monoisotopic (exact) mass is 341 g/mol. The molecule has 1 saturated carbocycles. The number of aromatic nitrogens is 2. The summed E-state index contributed by atoms with van der Waals surface area (Å²) in [7, 11) is 0. The Kier molecular flexibility index (Phi) is 5.16. The number of nitrogens with one attached hydrogen (secondary N) is 1. The summed E-state index contributed by atoms with van der Waals surface area (Å²) in [6.45, 7) is 1.59. The summed E-state index contributed by atoms with van der Waals surface area (Å²) in [5.41, 5.74) is 1.09. The van der Waals surface area contributed by atoms with Crippen molar-refractivity contribution in [3.8, 4) is 0 Å². The van der Waals surface area contributed by atoms with Crippen LogP contribution in [0.2, 0.25) is 0 Å². The van der Waals surface area contributed by atoms with Crippen molar-refractivity contribution in [3.63, 3.8) is 0 Å². The van der Waals surface area contributed by atoms with Gasteiger partial charge in [0.15, 0.2) is 0 Å². The number of hydrogen-bond donors (Lipinski definition) is 2.